The van der Waals surface area contributed by atoms with Crippen molar-refractivity contribution in [1.29, 1.82) is 0 Å². The largest absolute Gasteiger partial charge is 0.358 e. The summed E-state index contributed by atoms with van der Waals surface area (Å²) in [6.07, 6.45) is 0. The average Bonchev–Trinajstić information content (AvgIpc) is 2.96. The molecule has 3 rings (SSSR count). The third-order valence-electron chi connectivity index (χ3n) is 4.16. The minimum atomic E-state index is -0.315. The number of hydrogen-bond acceptors (Lipinski definition) is 3. The Hall–Kier alpha value is -2.63. The lowest BCUT2D eigenvalue weighted by atomic mass is 9.88. The molecule has 0 radical (unpaired) electrons. The van der Waals surface area contributed by atoms with E-state index >= 15 is 0 Å². The van der Waals surface area contributed by atoms with Gasteiger partial charge in [-0.15, -0.1) is 0 Å². The fourth-order valence-corrected chi connectivity index (χ4v) is 3.30. The number of nitrogens with zero attached hydrogens (tertiary/aromatic N) is 2. The van der Waals surface area contributed by atoms with Crippen molar-refractivity contribution in [2.24, 2.45) is 0 Å². The standard InChI is InChI=1S/C16H18N4O2/c1-9-16(12-6-4-5-7-14(12)17-9)13(8-20(21)22)15-10(2)18-19-11(15)3/h4-7,13,17H,8H2,1-3H3,(H,18,19). The SMILES string of the molecule is Cc1n[nH]c(C)c1C(C[N+](=O)[O-])c1c(C)[nH]c2ccccc12. The number of nitrogens with one attached hydrogen (secondary N) is 2. The van der Waals surface area contributed by atoms with Crippen LogP contribution < -0.4 is 0 Å². The molecule has 2 heterocycles. The molecule has 22 heavy (non-hydrogen) atoms. The lowest BCUT2D eigenvalue weighted by molar-refractivity contribution is -0.481. The fourth-order valence-electron chi connectivity index (χ4n) is 3.30. The number of aromatic amines is 2. The summed E-state index contributed by atoms with van der Waals surface area (Å²) in [6, 6.07) is 7.91. The molecule has 0 spiro atoms. The third kappa shape index (κ3) is 2.26. The van der Waals surface area contributed by atoms with Gasteiger partial charge in [0.25, 0.3) is 0 Å². The van der Waals surface area contributed by atoms with E-state index in [0.29, 0.717) is 0 Å². The second-order valence-corrected chi connectivity index (χ2v) is 5.62. The molecular weight excluding hydrogens is 280 g/mol. The van der Waals surface area contributed by atoms with Crippen molar-refractivity contribution in [2.45, 2.75) is 26.7 Å². The smallest absolute Gasteiger partial charge is 0.214 e. The number of aryl methyl sites for hydroxylation is 3. The van der Waals surface area contributed by atoms with E-state index in [1.807, 2.05) is 45.0 Å². The highest BCUT2D eigenvalue weighted by Crippen LogP contribution is 2.35. The van der Waals surface area contributed by atoms with Crippen LogP contribution in [0.4, 0.5) is 0 Å². The maximum Gasteiger partial charge on any atom is 0.214 e. The van der Waals surface area contributed by atoms with Gasteiger partial charge in [-0.05, 0) is 32.4 Å². The van der Waals surface area contributed by atoms with Crippen LogP contribution in [0.25, 0.3) is 10.9 Å². The van der Waals surface area contributed by atoms with Crippen molar-refractivity contribution in [3.8, 4) is 0 Å². The van der Waals surface area contributed by atoms with E-state index < -0.39 is 0 Å². The van der Waals surface area contributed by atoms with Crippen molar-refractivity contribution < 1.29 is 4.92 Å². The van der Waals surface area contributed by atoms with Gasteiger partial charge in [-0.25, -0.2) is 0 Å². The molecule has 0 aliphatic rings. The first-order valence-electron chi connectivity index (χ1n) is 7.19. The molecule has 114 valence electrons. The second kappa shape index (κ2) is 5.29. The van der Waals surface area contributed by atoms with Crippen LogP contribution in [0.2, 0.25) is 0 Å². The quantitative estimate of drug-likeness (QED) is 0.572. The Balaban J connectivity index is 2.25. The van der Waals surface area contributed by atoms with Crippen molar-refractivity contribution in [1.82, 2.24) is 15.2 Å². The van der Waals surface area contributed by atoms with Crippen molar-refractivity contribution >= 4 is 10.9 Å². The molecule has 0 fully saturated rings. The minimum Gasteiger partial charge on any atom is -0.358 e. The number of benzene rings is 1. The van der Waals surface area contributed by atoms with E-state index in [-0.39, 0.29) is 17.4 Å². The monoisotopic (exact) mass is 298 g/mol. The summed E-state index contributed by atoms with van der Waals surface area (Å²) in [5.41, 5.74) is 5.57. The number of H-pyrrole nitrogens is 2. The molecule has 0 aliphatic carbocycles. The molecule has 1 unspecified atom stereocenters. The summed E-state index contributed by atoms with van der Waals surface area (Å²) >= 11 is 0. The second-order valence-electron chi connectivity index (χ2n) is 5.62. The molecule has 1 atom stereocenters. The number of hydrogen-bond donors (Lipinski definition) is 2. The zero-order chi connectivity index (χ0) is 15.9. The van der Waals surface area contributed by atoms with Crippen LogP contribution in [-0.4, -0.2) is 26.6 Å². The molecule has 0 aliphatic heterocycles. The highest BCUT2D eigenvalue weighted by molar-refractivity contribution is 5.85. The van der Waals surface area contributed by atoms with E-state index in [2.05, 4.69) is 15.2 Å². The molecule has 0 saturated carbocycles. The van der Waals surface area contributed by atoms with Crippen LogP contribution >= 0.6 is 0 Å². The topological polar surface area (TPSA) is 87.6 Å². The predicted octanol–water partition coefficient (Wildman–Crippen LogP) is 3.22. The number of para-hydroxylation sites is 1. The Morgan fingerprint density at radius 3 is 2.55 bits per heavy atom. The molecule has 2 aromatic heterocycles. The molecule has 2 N–H and O–H groups in total. The van der Waals surface area contributed by atoms with Crippen LogP contribution in [0, 0.1) is 30.9 Å². The summed E-state index contributed by atoms with van der Waals surface area (Å²) < 4.78 is 0. The molecule has 0 amide bonds. The van der Waals surface area contributed by atoms with E-state index in [0.717, 1.165) is 39.1 Å². The van der Waals surface area contributed by atoms with Gasteiger partial charge in [0.2, 0.25) is 6.54 Å². The predicted molar refractivity (Wildman–Crippen MR) is 84.8 cm³/mol. The van der Waals surface area contributed by atoms with Crippen LogP contribution in [0.15, 0.2) is 24.3 Å². The van der Waals surface area contributed by atoms with Gasteiger partial charge in [-0.2, -0.15) is 5.10 Å². The first-order valence-corrected chi connectivity index (χ1v) is 7.19. The Morgan fingerprint density at radius 1 is 1.18 bits per heavy atom. The molecule has 6 heteroatoms. The van der Waals surface area contributed by atoms with Gasteiger partial charge in [-0.3, -0.25) is 15.2 Å². The first kappa shape index (κ1) is 14.3. The van der Waals surface area contributed by atoms with E-state index in [4.69, 9.17) is 0 Å². The number of fused-ring (bicyclic) bond motifs is 1. The molecule has 1 aromatic carbocycles. The number of rotatable bonds is 4. The van der Waals surface area contributed by atoms with Crippen LogP contribution in [0.5, 0.6) is 0 Å². The lowest BCUT2D eigenvalue weighted by Gasteiger charge is -2.14. The fraction of sp³-hybridized carbons (Fsp3) is 0.312. The maximum atomic E-state index is 11.2. The van der Waals surface area contributed by atoms with Gasteiger partial charge in [-0.1, -0.05) is 18.2 Å². The Morgan fingerprint density at radius 2 is 1.91 bits per heavy atom. The molecule has 0 bridgehead atoms. The van der Waals surface area contributed by atoms with Crippen LogP contribution in [0.3, 0.4) is 0 Å². The van der Waals surface area contributed by atoms with Gasteiger partial charge in [0.15, 0.2) is 0 Å². The number of nitro groups is 1. The van der Waals surface area contributed by atoms with Crippen molar-refractivity contribution in [3.05, 3.63) is 62.6 Å². The van der Waals surface area contributed by atoms with E-state index in [9.17, 15) is 10.1 Å². The van der Waals surface area contributed by atoms with Gasteiger partial charge in [0.1, 0.15) is 0 Å². The van der Waals surface area contributed by atoms with Crippen LogP contribution in [0.1, 0.15) is 34.1 Å². The molecule has 3 aromatic rings. The highest BCUT2D eigenvalue weighted by Gasteiger charge is 2.29. The van der Waals surface area contributed by atoms with Crippen LogP contribution in [-0.2, 0) is 0 Å². The molecule has 0 saturated heterocycles. The summed E-state index contributed by atoms with van der Waals surface area (Å²) in [7, 11) is 0. The molecule has 6 nitrogen and oxygen atoms in total. The lowest BCUT2D eigenvalue weighted by Crippen LogP contribution is -2.16. The molecular formula is C16H18N4O2. The summed E-state index contributed by atoms with van der Waals surface area (Å²) in [6.45, 7) is 5.61. The summed E-state index contributed by atoms with van der Waals surface area (Å²) in [5.74, 6) is -0.315. The Bertz CT molecular complexity index is 828. The van der Waals surface area contributed by atoms with Gasteiger partial charge >= 0.3 is 0 Å². The minimum absolute atomic E-state index is 0.149. The normalized spacial score (nSPS) is 12.7. The first-order chi connectivity index (χ1) is 10.5. The summed E-state index contributed by atoms with van der Waals surface area (Å²) in [4.78, 5) is 14.3. The highest BCUT2D eigenvalue weighted by atomic mass is 16.6. The summed E-state index contributed by atoms with van der Waals surface area (Å²) in [5, 5.41) is 19.4. The van der Waals surface area contributed by atoms with Crippen molar-refractivity contribution in [2.75, 3.05) is 6.54 Å². The van der Waals surface area contributed by atoms with Gasteiger partial charge in [0, 0.05) is 32.8 Å². The average molecular weight is 298 g/mol. The van der Waals surface area contributed by atoms with E-state index in [1.165, 1.54) is 0 Å². The zero-order valence-corrected chi connectivity index (χ0v) is 12.8. The Kier molecular flexibility index (Phi) is 3.44. The number of aromatic nitrogens is 3. The van der Waals surface area contributed by atoms with E-state index in [1.54, 1.807) is 0 Å². The van der Waals surface area contributed by atoms with Gasteiger partial charge < -0.3 is 4.98 Å². The third-order valence-corrected chi connectivity index (χ3v) is 4.16. The van der Waals surface area contributed by atoms with Crippen molar-refractivity contribution in [3.63, 3.8) is 0 Å². The van der Waals surface area contributed by atoms with Gasteiger partial charge in [0.05, 0.1) is 11.6 Å². The zero-order valence-electron chi connectivity index (χ0n) is 12.8. The maximum absolute atomic E-state index is 11.2. The Labute approximate surface area is 127 Å².